The van der Waals surface area contributed by atoms with Gasteiger partial charge in [0.25, 0.3) is 0 Å². The van der Waals surface area contributed by atoms with Crippen molar-refractivity contribution < 1.29 is 27.9 Å². The van der Waals surface area contributed by atoms with Gasteiger partial charge in [0, 0.05) is 36.6 Å². The van der Waals surface area contributed by atoms with E-state index < -0.39 is 27.1 Å². The molecule has 0 aromatic heterocycles. The maximum atomic E-state index is 13.6. The normalized spacial score (nSPS) is 46.3. The number of fused-ring (bicyclic) bond motifs is 7. The third-order valence-corrected chi connectivity index (χ3v) is 21.1. The van der Waals surface area contributed by atoms with E-state index in [1.54, 1.807) is 0 Å². The second-order valence-electron chi connectivity index (χ2n) is 22.4. The number of nitrogens with two attached hydrogens (primary N) is 1. The molecule has 0 bridgehead atoms. The summed E-state index contributed by atoms with van der Waals surface area (Å²) in [6.45, 7) is 24.2. The molecule has 7 aliphatic rings. The van der Waals surface area contributed by atoms with Gasteiger partial charge in [-0.2, -0.15) is 0 Å². The zero-order valence-corrected chi connectivity index (χ0v) is 36.7. The number of hydrogen-bond donors (Lipinski definition) is 3. The third kappa shape index (κ3) is 6.49. The summed E-state index contributed by atoms with van der Waals surface area (Å²) in [5.74, 6) is 2.50. The molecule has 6 saturated carbocycles. The first-order valence-electron chi connectivity index (χ1n) is 22.4. The molecule has 7 fully saturated rings. The number of carboxylic acid groups (broad SMARTS) is 1. The molecule has 314 valence electrons. The van der Waals surface area contributed by atoms with Crippen molar-refractivity contribution in [2.45, 2.75) is 157 Å². The highest BCUT2D eigenvalue weighted by atomic mass is 32.2. The summed E-state index contributed by atoms with van der Waals surface area (Å²) in [6, 6.07) is 0.219. The Balaban J connectivity index is 1.07. The van der Waals surface area contributed by atoms with Gasteiger partial charge >= 0.3 is 11.9 Å². The van der Waals surface area contributed by atoms with E-state index in [-0.39, 0.29) is 62.7 Å². The summed E-state index contributed by atoms with van der Waals surface area (Å²) < 4.78 is 30.7. The van der Waals surface area contributed by atoms with Gasteiger partial charge in [0.05, 0.1) is 23.3 Å². The molecule has 9 nitrogen and oxygen atoms in total. The number of esters is 1. The first-order valence-corrected chi connectivity index (χ1v) is 24.2. The molecule has 1 aliphatic heterocycles. The van der Waals surface area contributed by atoms with Crippen LogP contribution in [0.4, 0.5) is 0 Å². The van der Waals surface area contributed by atoms with E-state index >= 15 is 0 Å². The molecule has 55 heavy (non-hydrogen) atoms. The highest BCUT2D eigenvalue weighted by Crippen LogP contribution is 2.76. The summed E-state index contributed by atoms with van der Waals surface area (Å²) in [5.41, 5.74) is 6.46. The van der Waals surface area contributed by atoms with E-state index in [4.69, 9.17) is 10.5 Å². The van der Waals surface area contributed by atoms with Gasteiger partial charge in [0.15, 0.2) is 9.84 Å². The Kier molecular flexibility index (Phi) is 10.8. The van der Waals surface area contributed by atoms with Crippen LogP contribution in [0.15, 0.2) is 0 Å². The standard InChI is InChI=1S/C45H77N3O6S/c1-28(2)30-12-18-45(47-21-15-29(27-46)48-22-24-55(52,53)25-23-48)20-19-43(8)31(37(30)45)10-11-35-42(7)16-14-36(41(5,6)34(42)13-17-44(35,43)9)54-39(51)33-26-32(38(49)50)40(33,3)4/h28-37,47H,10-27,46H2,1-9H3,(H,49,50)/t29?,30-,31+,32-,33+,34-,35+,36-,37+,42-,43+,44+,45-/m0/s1. The van der Waals surface area contributed by atoms with E-state index in [9.17, 15) is 23.1 Å². The average Bonchev–Trinajstić information content (AvgIpc) is 3.48. The number of rotatable bonds is 10. The minimum atomic E-state index is -2.92. The summed E-state index contributed by atoms with van der Waals surface area (Å²) in [5, 5.41) is 13.9. The van der Waals surface area contributed by atoms with Gasteiger partial charge in [-0.15, -0.1) is 0 Å². The second kappa shape index (κ2) is 14.2. The molecule has 0 radical (unpaired) electrons. The monoisotopic (exact) mass is 788 g/mol. The van der Waals surface area contributed by atoms with Crippen LogP contribution >= 0.6 is 0 Å². The van der Waals surface area contributed by atoms with Crippen molar-refractivity contribution in [2.24, 2.45) is 80.2 Å². The Bertz CT molecular complexity index is 1580. The average molecular weight is 788 g/mol. The van der Waals surface area contributed by atoms with Crippen molar-refractivity contribution in [3.8, 4) is 0 Å². The van der Waals surface area contributed by atoms with Gasteiger partial charge < -0.3 is 20.9 Å². The van der Waals surface area contributed by atoms with Crippen LogP contribution in [-0.2, 0) is 24.2 Å². The molecule has 13 atom stereocenters. The summed E-state index contributed by atoms with van der Waals surface area (Å²) >= 11 is 0. The first-order chi connectivity index (χ1) is 25.6. The van der Waals surface area contributed by atoms with Crippen LogP contribution in [0.1, 0.15) is 139 Å². The minimum Gasteiger partial charge on any atom is -0.481 e. The lowest BCUT2D eigenvalue weighted by Gasteiger charge is -2.73. The Labute approximate surface area is 333 Å². The summed E-state index contributed by atoms with van der Waals surface area (Å²) in [6.07, 6.45) is 13.2. The maximum Gasteiger partial charge on any atom is 0.309 e. The van der Waals surface area contributed by atoms with Crippen molar-refractivity contribution in [2.75, 3.05) is 37.7 Å². The van der Waals surface area contributed by atoms with Gasteiger partial charge in [-0.25, -0.2) is 8.42 Å². The SMILES string of the molecule is CC(C)[C@@H]1CC[C@]2(NCCC(CN)N3CCS(=O)(=O)CC3)CC[C@]3(C)[C@H](CC[C@@H]4[C@@]5(C)CC[C@H](OC(=O)[C@H]6C[C@@H](C(=O)O)C6(C)C)C(C)(C)[C@@H]5CC[C@]43C)[C@@H]12. The number of nitrogens with one attached hydrogen (secondary N) is 1. The molecule has 0 spiro atoms. The number of aliphatic carboxylic acids is 1. The summed E-state index contributed by atoms with van der Waals surface area (Å²) in [7, 11) is -2.92. The van der Waals surface area contributed by atoms with Crippen LogP contribution in [0.5, 0.6) is 0 Å². The van der Waals surface area contributed by atoms with Crippen LogP contribution in [-0.4, -0.2) is 85.7 Å². The topological polar surface area (TPSA) is 139 Å². The highest BCUT2D eigenvalue weighted by molar-refractivity contribution is 7.91. The predicted molar refractivity (Wildman–Crippen MR) is 218 cm³/mol. The van der Waals surface area contributed by atoms with Crippen molar-refractivity contribution in [3.63, 3.8) is 0 Å². The molecule has 0 aromatic carbocycles. The largest absolute Gasteiger partial charge is 0.481 e. The van der Waals surface area contributed by atoms with Gasteiger partial charge in [-0.05, 0) is 141 Å². The van der Waals surface area contributed by atoms with E-state index in [1.165, 1.54) is 51.4 Å². The van der Waals surface area contributed by atoms with Crippen LogP contribution < -0.4 is 11.1 Å². The molecule has 1 saturated heterocycles. The number of sulfone groups is 1. The van der Waals surface area contributed by atoms with Gasteiger partial charge in [-0.1, -0.05) is 62.3 Å². The van der Waals surface area contributed by atoms with Crippen LogP contribution in [0.25, 0.3) is 0 Å². The van der Waals surface area contributed by atoms with E-state index in [0.717, 1.165) is 31.7 Å². The predicted octanol–water partition coefficient (Wildman–Crippen LogP) is 7.17. The molecule has 7 rings (SSSR count). The molecule has 1 heterocycles. The minimum absolute atomic E-state index is 0.137. The first kappa shape index (κ1) is 41.9. The second-order valence-corrected chi connectivity index (χ2v) is 24.7. The summed E-state index contributed by atoms with van der Waals surface area (Å²) in [4.78, 5) is 27.7. The number of ether oxygens (including phenoxy) is 1. The van der Waals surface area contributed by atoms with E-state index in [1.807, 2.05) is 13.8 Å². The van der Waals surface area contributed by atoms with Crippen LogP contribution in [0, 0.1) is 74.4 Å². The van der Waals surface area contributed by atoms with Gasteiger partial charge in [0.1, 0.15) is 6.10 Å². The molecular weight excluding hydrogens is 711 g/mol. The number of carbonyl (C=O) groups excluding carboxylic acids is 1. The Hall–Kier alpha value is -1.23. The number of hydrogen-bond acceptors (Lipinski definition) is 8. The Morgan fingerprint density at radius 1 is 0.836 bits per heavy atom. The lowest BCUT2D eigenvalue weighted by Crippen LogP contribution is -2.69. The molecule has 10 heteroatoms. The highest BCUT2D eigenvalue weighted by Gasteiger charge is 2.71. The quantitative estimate of drug-likeness (QED) is 0.197. The molecule has 1 unspecified atom stereocenters. The number of carbonyl (C=O) groups is 2. The smallest absolute Gasteiger partial charge is 0.309 e. The lowest BCUT2D eigenvalue weighted by molar-refractivity contribution is -0.249. The van der Waals surface area contributed by atoms with Crippen molar-refractivity contribution in [1.29, 1.82) is 0 Å². The Morgan fingerprint density at radius 2 is 1.53 bits per heavy atom. The van der Waals surface area contributed by atoms with Crippen molar-refractivity contribution >= 4 is 21.8 Å². The molecule has 4 N–H and O–H groups in total. The Morgan fingerprint density at radius 3 is 2.15 bits per heavy atom. The zero-order valence-electron chi connectivity index (χ0n) is 35.9. The van der Waals surface area contributed by atoms with Crippen molar-refractivity contribution in [1.82, 2.24) is 10.2 Å². The fourth-order valence-electron chi connectivity index (χ4n) is 15.9. The lowest BCUT2D eigenvalue weighted by atomic mass is 9.32. The zero-order chi connectivity index (χ0) is 40.1. The van der Waals surface area contributed by atoms with Crippen molar-refractivity contribution in [3.05, 3.63) is 0 Å². The van der Waals surface area contributed by atoms with Gasteiger partial charge in [0.2, 0.25) is 0 Å². The number of nitrogens with zero attached hydrogens (tertiary/aromatic N) is 1. The van der Waals surface area contributed by atoms with Crippen LogP contribution in [0.2, 0.25) is 0 Å². The fourth-order valence-corrected chi connectivity index (χ4v) is 17.1. The molecule has 6 aliphatic carbocycles. The molecule has 0 aromatic rings. The van der Waals surface area contributed by atoms with E-state index in [0.29, 0.717) is 55.6 Å². The number of carboxylic acids is 1. The van der Waals surface area contributed by atoms with E-state index in [2.05, 4.69) is 58.7 Å². The van der Waals surface area contributed by atoms with Gasteiger partial charge in [-0.3, -0.25) is 14.5 Å². The maximum absolute atomic E-state index is 13.6. The fraction of sp³-hybridized carbons (Fsp3) is 0.956. The molecule has 0 amide bonds. The van der Waals surface area contributed by atoms with Crippen LogP contribution in [0.3, 0.4) is 0 Å². The third-order valence-electron chi connectivity index (χ3n) is 19.5. The molecular formula is C45H77N3O6S.